The second-order valence-corrected chi connectivity index (χ2v) is 7.86. The maximum Gasteiger partial charge on any atom is 0.255 e. The molecule has 0 bridgehead atoms. The van der Waals surface area contributed by atoms with Crippen molar-refractivity contribution in [3.8, 4) is 0 Å². The molecule has 4 aromatic rings. The van der Waals surface area contributed by atoms with Gasteiger partial charge in [0.05, 0.1) is 11.4 Å². The van der Waals surface area contributed by atoms with Crippen molar-refractivity contribution in [2.24, 2.45) is 0 Å². The zero-order chi connectivity index (χ0) is 23.9. The predicted molar refractivity (Wildman–Crippen MR) is 132 cm³/mol. The minimum Gasteiger partial charge on any atom is -0.397 e. The Kier molecular flexibility index (Phi) is 6.88. The van der Waals surface area contributed by atoms with Crippen molar-refractivity contribution < 1.29 is 14.4 Å². The van der Waals surface area contributed by atoms with Crippen LogP contribution in [-0.4, -0.2) is 29.3 Å². The minimum atomic E-state index is -0.710. The minimum absolute atomic E-state index is 0.261. The number of hydrogen-bond donors (Lipinski definition) is 5. The molecule has 3 amide bonds. The van der Waals surface area contributed by atoms with Crippen LogP contribution in [0.4, 0.5) is 11.4 Å². The van der Waals surface area contributed by atoms with Crippen molar-refractivity contribution in [3.63, 3.8) is 0 Å². The molecule has 1 aromatic heterocycles. The molecule has 4 rings (SSSR count). The third kappa shape index (κ3) is 5.24. The van der Waals surface area contributed by atoms with Crippen molar-refractivity contribution in [1.82, 2.24) is 15.6 Å². The van der Waals surface area contributed by atoms with Crippen LogP contribution in [0.1, 0.15) is 21.5 Å². The topological polar surface area (TPSA) is 129 Å². The standard InChI is InChI=1S/C26H25N5O3/c27-21-6-2-4-8-23(21)31-25(33)18-11-9-17(10-12-18)14-29-26(34)24(30-16-32)13-19-15-28-22-7-3-1-5-20(19)22/h1-12,15-16,24,28H,13-14,27H2,(H,29,34)(H,30,32)(H,31,33). The molecule has 8 nitrogen and oxygen atoms in total. The first-order valence-corrected chi connectivity index (χ1v) is 10.8. The van der Waals surface area contributed by atoms with Crippen LogP contribution in [0.15, 0.2) is 79.0 Å². The van der Waals surface area contributed by atoms with Gasteiger partial charge in [-0.05, 0) is 41.5 Å². The third-order valence-corrected chi connectivity index (χ3v) is 5.58. The monoisotopic (exact) mass is 455 g/mol. The van der Waals surface area contributed by atoms with Crippen LogP contribution in [0.5, 0.6) is 0 Å². The summed E-state index contributed by atoms with van der Waals surface area (Å²) in [4.78, 5) is 39.5. The zero-order valence-electron chi connectivity index (χ0n) is 18.4. The largest absolute Gasteiger partial charge is 0.397 e. The molecule has 172 valence electrons. The highest BCUT2D eigenvalue weighted by atomic mass is 16.2. The molecule has 1 heterocycles. The molecule has 0 fully saturated rings. The van der Waals surface area contributed by atoms with Gasteiger partial charge >= 0.3 is 0 Å². The number of aromatic nitrogens is 1. The Morgan fingerprint density at radius 3 is 2.47 bits per heavy atom. The molecule has 0 radical (unpaired) electrons. The third-order valence-electron chi connectivity index (χ3n) is 5.58. The summed E-state index contributed by atoms with van der Waals surface area (Å²) in [5.41, 5.74) is 10.1. The van der Waals surface area contributed by atoms with Gasteiger partial charge in [0.15, 0.2) is 0 Å². The highest BCUT2D eigenvalue weighted by molar-refractivity contribution is 6.05. The lowest BCUT2D eigenvalue weighted by Crippen LogP contribution is -2.44. The second kappa shape index (κ2) is 10.4. The van der Waals surface area contributed by atoms with Crippen molar-refractivity contribution in [1.29, 1.82) is 0 Å². The van der Waals surface area contributed by atoms with E-state index in [0.29, 0.717) is 29.8 Å². The van der Waals surface area contributed by atoms with Crippen molar-refractivity contribution in [2.45, 2.75) is 19.0 Å². The number of nitrogen functional groups attached to an aromatic ring is 1. The van der Waals surface area contributed by atoms with Gasteiger partial charge < -0.3 is 26.7 Å². The first-order chi connectivity index (χ1) is 16.5. The molecule has 0 aliphatic rings. The van der Waals surface area contributed by atoms with Crippen LogP contribution in [0.25, 0.3) is 10.9 Å². The van der Waals surface area contributed by atoms with Crippen LogP contribution in [0.2, 0.25) is 0 Å². The van der Waals surface area contributed by atoms with Gasteiger partial charge in [-0.1, -0.05) is 42.5 Å². The van der Waals surface area contributed by atoms with Crippen LogP contribution in [0, 0.1) is 0 Å². The molecule has 0 aliphatic heterocycles. The molecule has 0 aliphatic carbocycles. The number of carbonyl (C=O) groups is 3. The number of rotatable bonds is 9. The molecule has 3 aromatic carbocycles. The van der Waals surface area contributed by atoms with Crippen molar-refractivity contribution >= 4 is 40.5 Å². The summed E-state index contributed by atoms with van der Waals surface area (Å²) in [5, 5.41) is 9.25. The van der Waals surface area contributed by atoms with Crippen LogP contribution < -0.4 is 21.7 Å². The second-order valence-electron chi connectivity index (χ2n) is 7.86. The van der Waals surface area contributed by atoms with E-state index in [0.717, 1.165) is 22.0 Å². The summed E-state index contributed by atoms with van der Waals surface area (Å²) >= 11 is 0. The maximum atomic E-state index is 12.8. The fourth-order valence-electron chi connectivity index (χ4n) is 3.72. The summed E-state index contributed by atoms with van der Waals surface area (Å²) in [6, 6.07) is 21.0. The normalized spacial score (nSPS) is 11.5. The average molecular weight is 456 g/mol. The average Bonchev–Trinajstić information content (AvgIpc) is 3.27. The summed E-state index contributed by atoms with van der Waals surface area (Å²) in [6.45, 7) is 0.261. The van der Waals surface area contributed by atoms with Crippen LogP contribution >= 0.6 is 0 Å². The zero-order valence-corrected chi connectivity index (χ0v) is 18.4. The molecular formula is C26H25N5O3. The molecule has 1 atom stereocenters. The predicted octanol–water partition coefficient (Wildman–Crippen LogP) is 2.98. The van der Waals surface area contributed by atoms with Gasteiger partial charge in [0, 0.05) is 35.6 Å². The van der Waals surface area contributed by atoms with E-state index in [1.165, 1.54) is 0 Å². The number of anilines is 2. The quantitative estimate of drug-likeness (QED) is 0.196. The Balaban J connectivity index is 1.36. The van der Waals surface area contributed by atoms with E-state index < -0.39 is 6.04 Å². The Morgan fingerprint density at radius 1 is 0.971 bits per heavy atom. The number of nitrogens with one attached hydrogen (secondary N) is 4. The van der Waals surface area contributed by atoms with Gasteiger partial charge in [0.25, 0.3) is 5.91 Å². The highest BCUT2D eigenvalue weighted by Crippen LogP contribution is 2.20. The molecular weight excluding hydrogens is 430 g/mol. The number of carbonyl (C=O) groups excluding carboxylic acids is 3. The molecule has 6 N–H and O–H groups in total. The van der Waals surface area contributed by atoms with E-state index in [1.54, 1.807) is 48.5 Å². The fraction of sp³-hybridized carbons (Fsp3) is 0.115. The first kappa shape index (κ1) is 22.6. The lowest BCUT2D eigenvalue weighted by atomic mass is 10.0. The van der Waals surface area contributed by atoms with Gasteiger partial charge in [-0.3, -0.25) is 14.4 Å². The molecule has 0 spiro atoms. The number of aromatic amines is 1. The van der Waals surface area contributed by atoms with E-state index >= 15 is 0 Å². The van der Waals surface area contributed by atoms with Crippen molar-refractivity contribution in [2.75, 3.05) is 11.1 Å². The van der Waals surface area contributed by atoms with Crippen molar-refractivity contribution in [3.05, 3.63) is 95.7 Å². The number of fused-ring (bicyclic) bond motifs is 1. The Morgan fingerprint density at radius 2 is 1.71 bits per heavy atom. The summed E-state index contributed by atoms with van der Waals surface area (Å²) in [7, 11) is 0. The number of hydrogen-bond acceptors (Lipinski definition) is 4. The Hall–Kier alpha value is -4.59. The SMILES string of the molecule is Nc1ccccc1NC(=O)c1ccc(CNC(=O)C(Cc2c[nH]c3ccccc23)NC=O)cc1. The maximum absolute atomic E-state index is 12.8. The summed E-state index contributed by atoms with van der Waals surface area (Å²) in [6.07, 6.45) is 2.74. The fourth-order valence-corrected chi connectivity index (χ4v) is 3.72. The van der Waals surface area contributed by atoms with E-state index in [1.807, 2.05) is 30.5 Å². The number of nitrogens with two attached hydrogens (primary N) is 1. The van der Waals surface area contributed by atoms with Gasteiger partial charge in [-0.15, -0.1) is 0 Å². The molecule has 8 heteroatoms. The lowest BCUT2D eigenvalue weighted by Gasteiger charge is -2.16. The number of amides is 3. The molecule has 1 unspecified atom stereocenters. The van der Waals surface area contributed by atoms with Gasteiger partial charge in [-0.25, -0.2) is 0 Å². The van der Waals surface area contributed by atoms with Gasteiger partial charge in [0.1, 0.15) is 6.04 Å². The number of para-hydroxylation sites is 3. The van der Waals surface area contributed by atoms with E-state index in [4.69, 9.17) is 5.73 Å². The van der Waals surface area contributed by atoms with E-state index in [2.05, 4.69) is 20.9 Å². The number of benzene rings is 3. The summed E-state index contributed by atoms with van der Waals surface area (Å²) in [5.74, 6) is -0.568. The van der Waals surface area contributed by atoms with Crippen LogP contribution in [-0.2, 0) is 22.6 Å². The Bertz CT molecular complexity index is 1310. The van der Waals surface area contributed by atoms with Gasteiger partial charge in [-0.2, -0.15) is 0 Å². The summed E-state index contributed by atoms with van der Waals surface area (Å²) < 4.78 is 0. The van der Waals surface area contributed by atoms with E-state index in [9.17, 15) is 14.4 Å². The Labute approximate surface area is 196 Å². The number of H-pyrrole nitrogens is 1. The highest BCUT2D eigenvalue weighted by Gasteiger charge is 2.19. The smallest absolute Gasteiger partial charge is 0.255 e. The molecule has 34 heavy (non-hydrogen) atoms. The first-order valence-electron chi connectivity index (χ1n) is 10.8. The van der Waals surface area contributed by atoms with E-state index in [-0.39, 0.29) is 18.4 Å². The molecule has 0 saturated carbocycles. The van der Waals surface area contributed by atoms with Gasteiger partial charge in [0.2, 0.25) is 12.3 Å². The molecule has 0 saturated heterocycles. The van der Waals surface area contributed by atoms with Crippen LogP contribution in [0.3, 0.4) is 0 Å². The lowest BCUT2D eigenvalue weighted by molar-refractivity contribution is -0.125.